The zero-order valence-corrected chi connectivity index (χ0v) is 8.65. The molecule has 0 aromatic rings. The maximum Gasteiger partial charge on any atom is 0.443 e. The number of carbonyl (C=O) groups is 2. The Morgan fingerprint density at radius 2 is 2.36 bits per heavy atom. The maximum atomic E-state index is 11.2. The third-order valence-corrected chi connectivity index (χ3v) is 2.12. The number of ether oxygens (including phenoxy) is 1. The van der Waals surface area contributed by atoms with Crippen LogP contribution in [0.2, 0.25) is 0 Å². The van der Waals surface area contributed by atoms with E-state index in [9.17, 15) is 9.59 Å². The van der Waals surface area contributed by atoms with Crippen molar-refractivity contribution >= 4 is 12.1 Å². The van der Waals surface area contributed by atoms with Crippen LogP contribution in [0, 0.1) is 5.92 Å². The number of carbonyl (C=O) groups excluding carboxylic acids is 2. The topological polar surface area (TPSA) is 55.8 Å². The van der Waals surface area contributed by atoms with Gasteiger partial charge in [0.05, 0.1) is 0 Å². The Morgan fingerprint density at radius 1 is 1.71 bits per heavy atom. The summed E-state index contributed by atoms with van der Waals surface area (Å²) in [5.74, 6) is -0.222. The monoisotopic (exact) mass is 201 g/mol. The summed E-state index contributed by atoms with van der Waals surface area (Å²) in [6.45, 7) is 5.85. The van der Waals surface area contributed by atoms with E-state index in [2.05, 4.69) is 0 Å². The van der Waals surface area contributed by atoms with Gasteiger partial charge >= 0.3 is 12.1 Å². The second-order valence-corrected chi connectivity index (χ2v) is 3.53. The number of rotatable bonds is 3. The van der Waals surface area contributed by atoms with Gasteiger partial charge in [0.1, 0.15) is 12.6 Å². The molecule has 14 heavy (non-hydrogen) atoms. The fourth-order valence-corrected chi connectivity index (χ4v) is 1.17. The number of hydrogen-bond donors (Lipinski definition) is 0. The number of nitrogens with zero attached hydrogens (tertiary/aromatic N) is 1. The first-order valence-corrected chi connectivity index (χ1v) is 4.73. The largest absolute Gasteiger partial charge is 0.445 e. The molecule has 1 atom stereocenters. The van der Waals surface area contributed by atoms with Crippen LogP contribution in [0.4, 0.5) is 4.79 Å². The van der Waals surface area contributed by atoms with Gasteiger partial charge in [-0.2, -0.15) is 0 Å². The van der Waals surface area contributed by atoms with Crippen molar-refractivity contribution in [3.8, 4) is 0 Å². The molecule has 0 aromatic carbocycles. The summed E-state index contributed by atoms with van der Waals surface area (Å²) in [5, 5.41) is 1.04. The fourth-order valence-electron chi connectivity index (χ4n) is 1.17. The zero-order valence-electron chi connectivity index (χ0n) is 8.65. The first kappa shape index (κ1) is 10.8. The molecular weight excluding hydrogens is 186 g/mol. The van der Waals surface area contributed by atoms with Crippen molar-refractivity contribution in [3.05, 3.63) is 0 Å². The summed E-state index contributed by atoms with van der Waals surface area (Å²) in [5.41, 5.74) is 0. The molecule has 1 saturated heterocycles. The van der Waals surface area contributed by atoms with Gasteiger partial charge < -0.3 is 9.57 Å². The lowest BCUT2D eigenvalue weighted by atomic mass is 10.1. The Kier molecular flexibility index (Phi) is 3.33. The second-order valence-electron chi connectivity index (χ2n) is 3.53. The maximum absolute atomic E-state index is 11.2. The Balaban J connectivity index is 2.62. The quantitative estimate of drug-likeness (QED) is 0.691. The van der Waals surface area contributed by atoms with Gasteiger partial charge in [-0.1, -0.05) is 20.8 Å². The summed E-state index contributed by atoms with van der Waals surface area (Å²) in [4.78, 5) is 27.0. The van der Waals surface area contributed by atoms with E-state index >= 15 is 0 Å². The summed E-state index contributed by atoms with van der Waals surface area (Å²) in [6, 6.07) is -0.169. The molecule has 5 nitrogen and oxygen atoms in total. The number of amides is 1. The molecular formula is C9H15NO4. The molecule has 80 valence electrons. The lowest BCUT2D eigenvalue weighted by molar-refractivity contribution is -0.182. The molecule has 1 fully saturated rings. The molecule has 5 heteroatoms. The summed E-state index contributed by atoms with van der Waals surface area (Å²) in [7, 11) is 0. The van der Waals surface area contributed by atoms with E-state index in [1.165, 1.54) is 0 Å². The zero-order chi connectivity index (χ0) is 10.7. The molecule has 0 spiro atoms. The number of hydrogen-bond acceptors (Lipinski definition) is 4. The highest BCUT2D eigenvalue weighted by molar-refractivity contribution is 5.74. The molecule has 0 unspecified atom stereocenters. The van der Waals surface area contributed by atoms with Crippen molar-refractivity contribution in [1.82, 2.24) is 5.06 Å². The Labute approximate surface area is 82.9 Å². The van der Waals surface area contributed by atoms with E-state index in [0.29, 0.717) is 0 Å². The average Bonchev–Trinajstić information content (AvgIpc) is 2.48. The first-order chi connectivity index (χ1) is 6.56. The molecule has 1 heterocycles. The van der Waals surface area contributed by atoms with Crippen LogP contribution < -0.4 is 0 Å². The minimum Gasteiger partial charge on any atom is -0.445 e. The van der Waals surface area contributed by atoms with E-state index in [0.717, 1.165) is 5.06 Å². The van der Waals surface area contributed by atoms with Crippen LogP contribution in [0.15, 0.2) is 0 Å². The SMILES string of the molecule is CCC(=O)ON1C(=O)OC[C@@H]1C(C)C. The van der Waals surface area contributed by atoms with Gasteiger partial charge in [-0.15, -0.1) is 5.06 Å². The van der Waals surface area contributed by atoms with E-state index in [1.54, 1.807) is 6.92 Å². The molecule has 0 bridgehead atoms. The minimum atomic E-state index is -0.578. The average molecular weight is 201 g/mol. The molecule has 0 saturated carbocycles. The predicted molar refractivity (Wildman–Crippen MR) is 48.2 cm³/mol. The molecule has 0 N–H and O–H groups in total. The summed E-state index contributed by atoms with van der Waals surface area (Å²) >= 11 is 0. The van der Waals surface area contributed by atoms with Gasteiger partial charge in [0.25, 0.3) is 0 Å². The van der Waals surface area contributed by atoms with Crippen LogP contribution in [-0.2, 0) is 14.4 Å². The van der Waals surface area contributed by atoms with Gasteiger partial charge in [-0.25, -0.2) is 9.59 Å². The Hall–Kier alpha value is -1.26. The molecule has 1 rings (SSSR count). The highest BCUT2D eigenvalue weighted by Gasteiger charge is 2.38. The fraction of sp³-hybridized carbons (Fsp3) is 0.778. The van der Waals surface area contributed by atoms with Crippen molar-refractivity contribution in [2.24, 2.45) is 5.92 Å². The van der Waals surface area contributed by atoms with Crippen molar-refractivity contribution < 1.29 is 19.2 Å². The van der Waals surface area contributed by atoms with Gasteiger partial charge in [-0.3, -0.25) is 0 Å². The van der Waals surface area contributed by atoms with Crippen LogP contribution in [0.5, 0.6) is 0 Å². The van der Waals surface area contributed by atoms with Crippen molar-refractivity contribution in [3.63, 3.8) is 0 Å². The van der Waals surface area contributed by atoms with Crippen molar-refractivity contribution in [2.75, 3.05) is 6.61 Å². The lowest BCUT2D eigenvalue weighted by Crippen LogP contribution is -2.38. The summed E-state index contributed by atoms with van der Waals surface area (Å²) in [6.07, 6.45) is -0.334. The van der Waals surface area contributed by atoms with E-state index < -0.39 is 12.1 Å². The molecule has 1 aliphatic rings. The Bertz CT molecular complexity index is 239. The first-order valence-electron chi connectivity index (χ1n) is 4.73. The molecule has 0 radical (unpaired) electrons. The Morgan fingerprint density at radius 3 is 2.86 bits per heavy atom. The molecule has 0 aliphatic carbocycles. The van der Waals surface area contributed by atoms with Crippen LogP contribution >= 0.6 is 0 Å². The highest BCUT2D eigenvalue weighted by Crippen LogP contribution is 2.19. The van der Waals surface area contributed by atoms with Gasteiger partial charge in [0, 0.05) is 6.42 Å². The van der Waals surface area contributed by atoms with E-state index in [4.69, 9.17) is 9.57 Å². The number of hydroxylamine groups is 2. The standard InChI is InChI=1S/C9H15NO4/c1-4-8(11)14-10-7(6(2)3)5-13-9(10)12/h6-7H,4-5H2,1-3H3/t7-/m1/s1. The van der Waals surface area contributed by atoms with E-state index in [-0.39, 0.29) is 25.0 Å². The third-order valence-electron chi connectivity index (χ3n) is 2.12. The lowest BCUT2D eigenvalue weighted by Gasteiger charge is -2.21. The van der Waals surface area contributed by atoms with Gasteiger partial charge in [0.15, 0.2) is 0 Å². The molecule has 0 aromatic heterocycles. The van der Waals surface area contributed by atoms with Crippen LogP contribution in [0.1, 0.15) is 27.2 Å². The highest BCUT2D eigenvalue weighted by atomic mass is 16.8. The molecule has 1 aliphatic heterocycles. The van der Waals surface area contributed by atoms with Gasteiger partial charge in [0.2, 0.25) is 0 Å². The van der Waals surface area contributed by atoms with Gasteiger partial charge in [-0.05, 0) is 5.92 Å². The minimum absolute atomic E-state index is 0.169. The van der Waals surface area contributed by atoms with Crippen molar-refractivity contribution in [1.29, 1.82) is 0 Å². The normalized spacial score (nSPS) is 21.3. The predicted octanol–water partition coefficient (Wildman–Crippen LogP) is 1.33. The van der Waals surface area contributed by atoms with Crippen LogP contribution in [0.25, 0.3) is 0 Å². The van der Waals surface area contributed by atoms with E-state index in [1.807, 2.05) is 13.8 Å². The third kappa shape index (κ3) is 2.16. The second kappa shape index (κ2) is 4.30. The van der Waals surface area contributed by atoms with Crippen LogP contribution in [-0.4, -0.2) is 29.8 Å². The van der Waals surface area contributed by atoms with Crippen molar-refractivity contribution in [2.45, 2.75) is 33.2 Å². The van der Waals surface area contributed by atoms with Crippen LogP contribution in [0.3, 0.4) is 0 Å². The molecule has 1 amide bonds. The summed E-state index contributed by atoms with van der Waals surface area (Å²) < 4.78 is 4.79. The number of cyclic esters (lactones) is 1. The smallest absolute Gasteiger partial charge is 0.443 e.